The summed E-state index contributed by atoms with van der Waals surface area (Å²) in [7, 11) is 1.44. The number of esters is 1. The Labute approximate surface area is 385 Å². The number of likely N-dealkylation sites (tertiary alicyclic amines) is 1. The van der Waals surface area contributed by atoms with Crippen LogP contribution in [0.25, 0.3) is 22.9 Å². The Hall–Kier alpha value is -6.93. The van der Waals surface area contributed by atoms with Gasteiger partial charge in [0.1, 0.15) is 23.0 Å². The number of aromatic nitrogens is 2. The van der Waals surface area contributed by atoms with Crippen LogP contribution in [0, 0.1) is 25.7 Å². The topological polar surface area (TPSA) is 176 Å². The summed E-state index contributed by atoms with van der Waals surface area (Å²) in [6.45, 7) is 7.69. The van der Waals surface area contributed by atoms with Gasteiger partial charge in [-0.15, -0.1) is 0 Å². The fraction of sp³-hybridized carbons (Fsp3) is 0.365. The van der Waals surface area contributed by atoms with E-state index in [1.165, 1.54) is 17.6 Å². The molecule has 4 atom stereocenters. The van der Waals surface area contributed by atoms with Gasteiger partial charge in [0.2, 0.25) is 11.8 Å². The molecule has 0 aliphatic carbocycles. The molecule has 2 aliphatic rings. The van der Waals surface area contributed by atoms with Gasteiger partial charge in [0.05, 0.1) is 50.2 Å². The number of carboxylic acid groups (broad SMARTS) is 1. The number of aliphatic carboxylic acids is 1. The Kier molecular flexibility index (Phi) is 16.3. The van der Waals surface area contributed by atoms with Crippen LogP contribution in [-0.2, 0) is 44.7 Å². The van der Waals surface area contributed by atoms with E-state index in [9.17, 15) is 19.5 Å². The molecule has 14 heteroatoms. The molecule has 346 valence electrons. The fourth-order valence-electron chi connectivity index (χ4n) is 8.30. The Bertz CT molecular complexity index is 2490. The number of oxazole rings is 2. The number of aryl methyl sites for hydroxylation is 2. The largest absolute Gasteiger partial charge is 0.493 e. The minimum absolute atomic E-state index is 0.0417. The van der Waals surface area contributed by atoms with Crippen LogP contribution in [0.15, 0.2) is 118 Å². The van der Waals surface area contributed by atoms with E-state index >= 15 is 0 Å². The van der Waals surface area contributed by atoms with Crippen LogP contribution in [0.2, 0.25) is 0 Å². The third kappa shape index (κ3) is 12.7. The van der Waals surface area contributed by atoms with Crippen molar-refractivity contribution in [2.75, 3.05) is 40.0 Å². The summed E-state index contributed by atoms with van der Waals surface area (Å²) in [5.41, 5.74) is 5.93. The minimum Gasteiger partial charge on any atom is -0.493 e. The quantitative estimate of drug-likeness (QED) is 0.0833. The molecule has 2 aromatic heterocycles. The monoisotopic (exact) mass is 898 g/mol. The molecule has 8 rings (SSSR count). The standard InChI is InChI=1S/C27H30N2O6.C25H28N2O4/c1-3-33-27(32)29-17-21(26(30)31)16-22(29)15-19-9-11-23(12-10-19)34-14-13-24-18(2)35-25(28-24)20-7-5-4-6-8-20;1-17-23(27-24(31-17)19-6-4-3-5-7-19)12-13-30-22-10-8-18(9-11-22)14-21-15-20(16-26-21)25(28)29-2/h4-12,21-22H,3,13-17H2,1-2H3,(H,30,31);3-11,20-21,26H,12-16H2,1-2H3/t21-,22-;20-,21-/m00/s1. The number of rotatable bonds is 17. The molecule has 2 aliphatic heterocycles. The van der Waals surface area contributed by atoms with Crippen LogP contribution >= 0.6 is 0 Å². The third-order valence-electron chi connectivity index (χ3n) is 11.9. The van der Waals surface area contributed by atoms with E-state index in [0.717, 1.165) is 63.9 Å². The van der Waals surface area contributed by atoms with E-state index in [4.69, 9.17) is 27.8 Å². The highest BCUT2D eigenvalue weighted by Crippen LogP contribution is 2.29. The second kappa shape index (κ2) is 22.8. The molecule has 66 heavy (non-hydrogen) atoms. The van der Waals surface area contributed by atoms with Gasteiger partial charge in [0.25, 0.3) is 0 Å². The zero-order chi connectivity index (χ0) is 46.4. The molecule has 14 nitrogen and oxygen atoms in total. The van der Waals surface area contributed by atoms with Crippen molar-refractivity contribution in [1.29, 1.82) is 0 Å². The van der Waals surface area contributed by atoms with E-state index in [2.05, 4.69) is 27.4 Å². The van der Waals surface area contributed by atoms with Gasteiger partial charge in [-0.2, -0.15) is 0 Å². The molecule has 4 aromatic carbocycles. The maximum atomic E-state index is 12.3. The number of methoxy groups -OCH3 is 1. The molecule has 0 saturated carbocycles. The van der Waals surface area contributed by atoms with Gasteiger partial charge in [-0.3, -0.25) is 9.59 Å². The number of nitrogens with zero attached hydrogens (tertiary/aromatic N) is 3. The number of ether oxygens (including phenoxy) is 4. The van der Waals surface area contributed by atoms with E-state index in [1.54, 1.807) is 6.92 Å². The Morgan fingerprint density at radius 2 is 1.23 bits per heavy atom. The smallest absolute Gasteiger partial charge is 0.410 e. The lowest BCUT2D eigenvalue weighted by atomic mass is 10.00. The molecule has 6 aromatic rings. The summed E-state index contributed by atoms with van der Waals surface area (Å²) in [5.74, 6) is 2.80. The molecule has 0 radical (unpaired) electrons. The van der Waals surface area contributed by atoms with Crippen molar-refractivity contribution in [2.24, 2.45) is 11.8 Å². The molecule has 2 N–H and O–H groups in total. The van der Waals surface area contributed by atoms with Gasteiger partial charge < -0.3 is 43.1 Å². The van der Waals surface area contributed by atoms with E-state index < -0.39 is 18.0 Å². The van der Waals surface area contributed by atoms with Crippen molar-refractivity contribution in [1.82, 2.24) is 20.2 Å². The summed E-state index contributed by atoms with van der Waals surface area (Å²) in [4.78, 5) is 46.2. The lowest BCUT2D eigenvalue weighted by Gasteiger charge is -2.23. The Balaban J connectivity index is 0.000000198. The van der Waals surface area contributed by atoms with Crippen molar-refractivity contribution in [3.63, 3.8) is 0 Å². The summed E-state index contributed by atoms with van der Waals surface area (Å²) < 4.78 is 33.4. The predicted molar refractivity (Wildman–Crippen MR) is 247 cm³/mol. The van der Waals surface area contributed by atoms with Gasteiger partial charge in [0.15, 0.2) is 0 Å². The maximum Gasteiger partial charge on any atom is 0.410 e. The summed E-state index contributed by atoms with van der Waals surface area (Å²) in [5, 5.41) is 12.8. The normalized spacial score (nSPS) is 17.7. The summed E-state index contributed by atoms with van der Waals surface area (Å²) >= 11 is 0. The maximum absolute atomic E-state index is 12.3. The van der Waals surface area contributed by atoms with Crippen LogP contribution in [-0.4, -0.2) is 90.1 Å². The second-order valence-corrected chi connectivity index (χ2v) is 16.5. The molecular weight excluding hydrogens is 841 g/mol. The van der Waals surface area contributed by atoms with Crippen LogP contribution in [0.5, 0.6) is 11.5 Å². The van der Waals surface area contributed by atoms with Crippen molar-refractivity contribution >= 4 is 18.0 Å². The van der Waals surface area contributed by atoms with E-state index in [1.807, 2.05) is 111 Å². The Morgan fingerprint density at radius 3 is 1.71 bits per heavy atom. The van der Waals surface area contributed by atoms with Crippen LogP contribution in [0.3, 0.4) is 0 Å². The van der Waals surface area contributed by atoms with Crippen LogP contribution < -0.4 is 14.8 Å². The molecule has 2 saturated heterocycles. The number of benzene rings is 4. The highest BCUT2D eigenvalue weighted by atomic mass is 16.6. The Morgan fingerprint density at radius 1 is 0.712 bits per heavy atom. The SMILES string of the molecule is CCOC(=O)N1C[C@@H](C(=O)O)C[C@@H]1Cc1ccc(OCCc2nc(-c3ccccc3)oc2C)cc1.COC(=O)[C@@H]1CN[C@@H](Cc2ccc(OCCc3nc(-c4ccccc4)oc3C)cc2)C1. The highest BCUT2D eigenvalue weighted by Gasteiger charge is 2.39. The van der Waals surface area contributed by atoms with Gasteiger partial charge in [-0.05, 0) is 106 Å². The van der Waals surface area contributed by atoms with Crippen molar-refractivity contribution in [3.8, 4) is 34.4 Å². The summed E-state index contributed by atoms with van der Waals surface area (Å²) in [6, 6.07) is 35.6. The molecule has 0 unspecified atom stereocenters. The molecule has 0 spiro atoms. The molecule has 4 heterocycles. The zero-order valence-corrected chi connectivity index (χ0v) is 37.9. The average molecular weight is 899 g/mol. The first-order chi connectivity index (χ1) is 32.1. The molecule has 2 fully saturated rings. The number of carboxylic acids is 1. The molecular formula is C52H58N4O10. The van der Waals surface area contributed by atoms with Crippen LogP contribution in [0.1, 0.15) is 53.8 Å². The van der Waals surface area contributed by atoms with Crippen molar-refractivity contribution in [2.45, 2.75) is 71.4 Å². The number of nitrogens with one attached hydrogen (secondary N) is 1. The number of hydrogen-bond donors (Lipinski definition) is 2. The van der Waals surface area contributed by atoms with Gasteiger partial charge in [-0.25, -0.2) is 14.8 Å². The zero-order valence-electron chi connectivity index (χ0n) is 37.9. The number of carbonyl (C=O) groups is 3. The minimum atomic E-state index is -0.885. The van der Waals surface area contributed by atoms with Gasteiger partial charge in [-0.1, -0.05) is 60.7 Å². The first kappa shape index (κ1) is 47.0. The van der Waals surface area contributed by atoms with Crippen molar-refractivity contribution < 1.29 is 47.3 Å². The van der Waals surface area contributed by atoms with E-state index in [-0.39, 0.29) is 31.1 Å². The van der Waals surface area contributed by atoms with Crippen molar-refractivity contribution in [3.05, 3.63) is 143 Å². The lowest BCUT2D eigenvalue weighted by molar-refractivity contribution is -0.145. The molecule has 0 bridgehead atoms. The fourth-order valence-corrected chi connectivity index (χ4v) is 8.30. The summed E-state index contributed by atoms with van der Waals surface area (Å²) in [6.07, 6.45) is 3.51. The number of carbonyl (C=O) groups excluding carboxylic acids is 2. The lowest BCUT2D eigenvalue weighted by Crippen LogP contribution is -2.37. The average Bonchev–Trinajstić information content (AvgIpc) is 4.15. The second-order valence-electron chi connectivity index (χ2n) is 16.5. The molecule has 1 amide bonds. The number of hydrogen-bond acceptors (Lipinski definition) is 12. The third-order valence-corrected chi connectivity index (χ3v) is 11.9. The first-order valence-corrected chi connectivity index (χ1v) is 22.5. The van der Waals surface area contributed by atoms with Crippen LogP contribution in [0.4, 0.5) is 4.79 Å². The van der Waals surface area contributed by atoms with Gasteiger partial charge in [0, 0.05) is 49.1 Å². The van der Waals surface area contributed by atoms with E-state index in [0.29, 0.717) is 63.3 Å². The first-order valence-electron chi connectivity index (χ1n) is 22.5. The predicted octanol–water partition coefficient (Wildman–Crippen LogP) is 8.71. The highest BCUT2D eigenvalue weighted by molar-refractivity contribution is 5.75. The van der Waals surface area contributed by atoms with Gasteiger partial charge >= 0.3 is 18.0 Å². The number of amides is 1.